The summed E-state index contributed by atoms with van der Waals surface area (Å²) in [6, 6.07) is 0. The van der Waals surface area contributed by atoms with Gasteiger partial charge in [0.25, 0.3) is 0 Å². The monoisotopic (exact) mass is 157 g/mol. The molecule has 0 N–H and O–H groups in total. The van der Waals surface area contributed by atoms with E-state index >= 15 is 0 Å². The van der Waals surface area contributed by atoms with Crippen LogP contribution in [0.2, 0.25) is 0 Å². The molecule has 0 heterocycles. The first-order chi connectivity index (χ1) is 4.58. The van der Waals surface area contributed by atoms with E-state index in [0.29, 0.717) is 0 Å². The van der Waals surface area contributed by atoms with E-state index in [0.717, 1.165) is 5.25 Å². The molecule has 0 bridgehead atoms. The van der Waals surface area contributed by atoms with Crippen LogP contribution in [0.4, 0.5) is 0 Å². The normalized spacial score (nSPS) is 21.9. The summed E-state index contributed by atoms with van der Waals surface area (Å²) >= 11 is 2.05. The molecule has 1 aliphatic rings. The predicted octanol–water partition coefficient (Wildman–Crippen LogP) is 3.27. The summed E-state index contributed by atoms with van der Waals surface area (Å²) in [5.41, 5.74) is 0. The molecule has 0 spiro atoms. The minimum Gasteiger partial charge on any atom is -0.152 e. The van der Waals surface area contributed by atoms with Gasteiger partial charge in [0, 0.05) is 10.00 Å². The lowest BCUT2D eigenvalue weighted by Crippen LogP contribution is -2.13. The largest absolute Gasteiger partial charge is 0.152 e. The molecule has 0 amide bonds. The van der Waals surface area contributed by atoms with Crippen LogP contribution in [0.3, 0.4) is 0 Å². The van der Waals surface area contributed by atoms with Crippen LogP contribution >= 0.6 is 11.8 Å². The van der Waals surface area contributed by atoms with Crippen LogP contribution in [0, 0.1) is 6.92 Å². The molecule has 0 aromatic carbocycles. The Bertz CT molecular complexity index is 95.8. The molecule has 0 aliphatic heterocycles. The zero-order chi connectivity index (χ0) is 7.61. The highest BCUT2D eigenvalue weighted by atomic mass is 32.2. The van der Waals surface area contributed by atoms with Gasteiger partial charge in [-0.3, -0.25) is 0 Å². The molecule has 1 aliphatic carbocycles. The number of hydrogen-bond donors (Lipinski definition) is 0. The van der Waals surface area contributed by atoms with Gasteiger partial charge in [-0.05, 0) is 19.8 Å². The van der Waals surface area contributed by atoms with Crippen LogP contribution in [0.25, 0.3) is 0 Å². The standard InChI is InChI=1S/C9H17S/c1-9(2,3)10-8-6-4-5-7-8/h8H,1,4-7H2,2-3H3. The molecule has 0 saturated heterocycles. The summed E-state index contributed by atoms with van der Waals surface area (Å²) in [4.78, 5) is 0. The fraction of sp³-hybridized carbons (Fsp3) is 0.889. The van der Waals surface area contributed by atoms with E-state index in [-0.39, 0.29) is 4.75 Å². The highest BCUT2D eigenvalue weighted by Crippen LogP contribution is 2.36. The van der Waals surface area contributed by atoms with Crippen molar-refractivity contribution < 1.29 is 0 Å². The van der Waals surface area contributed by atoms with Gasteiger partial charge in [0.15, 0.2) is 0 Å². The first kappa shape index (κ1) is 8.45. The zero-order valence-electron chi connectivity index (χ0n) is 7.02. The Hall–Kier alpha value is 0.350. The van der Waals surface area contributed by atoms with Crippen molar-refractivity contribution in [2.24, 2.45) is 0 Å². The summed E-state index contributed by atoms with van der Waals surface area (Å²) in [6.45, 7) is 8.51. The molecule has 1 fully saturated rings. The van der Waals surface area contributed by atoms with Crippen molar-refractivity contribution >= 4 is 11.8 Å². The van der Waals surface area contributed by atoms with Gasteiger partial charge in [-0.1, -0.05) is 26.7 Å². The second kappa shape index (κ2) is 3.17. The lowest BCUT2D eigenvalue weighted by molar-refractivity contribution is 0.844. The highest BCUT2D eigenvalue weighted by molar-refractivity contribution is 8.01. The zero-order valence-corrected chi connectivity index (χ0v) is 7.84. The van der Waals surface area contributed by atoms with E-state index < -0.39 is 0 Å². The Morgan fingerprint density at radius 3 is 2.20 bits per heavy atom. The van der Waals surface area contributed by atoms with Gasteiger partial charge >= 0.3 is 0 Å². The van der Waals surface area contributed by atoms with E-state index in [1.54, 1.807) is 0 Å². The maximum Gasteiger partial charge on any atom is 0.0107 e. The molecule has 1 rings (SSSR count). The lowest BCUT2D eigenvalue weighted by atomic mass is 10.3. The third kappa shape index (κ3) is 2.96. The van der Waals surface area contributed by atoms with Crippen LogP contribution in [-0.2, 0) is 0 Å². The summed E-state index contributed by atoms with van der Waals surface area (Å²) in [6.07, 6.45) is 5.72. The average molecular weight is 157 g/mol. The van der Waals surface area contributed by atoms with Crippen molar-refractivity contribution in [3.8, 4) is 0 Å². The number of hydrogen-bond acceptors (Lipinski definition) is 1. The van der Waals surface area contributed by atoms with Crippen LogP contribution in [0.1, 0.15) is 39.5 Å². The fourth-order valence-electron chi connectivity index (χ4n) is 1.46. The SMILES string of the molecule is [CH2]C(C)(C)SC1CCCC1. The van der Waals surface area contributed by atoms with Gasteiger partial charge in [0.1, 0.15) is 0 Å². The molecule has 0 atom stereocenters. The van der Waals surface area contributed by atoms with Crippen LogP contribution in [0.15, 0.2) is 0 Å². The van der Waals surface area contributed by atoms with E-state index in [4.69, 9.17) is 0 Å². The fourth-order valence-corrected chi connectivity index (χ4v) is 2.93. The summed E-state index contributed by atoms with van der Waals surface area (Å²) in [7, 11) is 0. The molecule has 1 saturated carbocycles. The van der Waals surface area contributed by atoms with Crippen molar-refractivity contribution in [2.75, 3.05) is 0 Å². The Balaban J connectivity index is 2.24. The number of rotatable bonds is 2. The first-order valence-electron chi connectivity index (χ1n) is 4.11. The molecule has 0 unspecified atom stereocenters. The van der Waals surface area contributed by atoms with Crippen molar-refractivity contribution in [3.05, 3.63) is 6.92 Å². The topological polar surface area (TPSA) is 0 Å². The average Bonchev–Trinajstić information content (AvgIpc) is 2.12. The van der Waals surface area contributed by atoms with Gasteiger partial charge in [-0.15, -0.1) is 0 Å². The highest BCUT2D eigenvalue weighted by Gasteiger charge is 2.21. The third-order valence-electron chi connectivity index (χ3n) is 1.79. The van der Waals surface area contributed by atoms with Crippen molar-refractivity contribution in [1.29, 1.82) is 0 Å². The van der Waals surface area contributed by atoms with Crippen molar-refractivity contribution in [3.63, 3.8) is 0 Å². The Labute approximate surface area is 68.8 Å². The van der Waals surface area contributed by atoms with E-state index in [1.807, 2.05) is 0 Å². The van der Waals surface area contributed by atoms with E-state index in [2.05, 4.69) is 32.5 Å². The third-order valence-corrected chi connectivity index (χ3v) is 3.23. The van der Waals surface area contributed by atoms with Gasteiger partial charge in [-0.25, -0.2) is 0 Å². The summed E-state index contributed by atoms with van der Waals surface area (Å²) in [5.74, 6) is 0. The number of thioether (sulfide) groups is 1. The van der Waals surface area contributed by atoms with E-state index in [1.165, 1.54) is 25.7 Å². The minimum atomic E-state index is 0.231. The first-order valence-corrected chi connectivity index (χ1v) is 4.99. The van der Waals surface area contributed by atoms with Gasteiger partial charge in [-0.2, -0.15) is 11.8 Å². The van der Waals surface area contributed by atoms with Gasteiger partial charge < -0.3 is 0 Å². The van der Waals surface area contributed by atoms with Crippen LogP contribution in [0.5, 0.6) is 0 Å². The molecule has 10 heavy (non-hydrogen) atoms. The molecular weight excluding hydrogens is 140 g/mol. The Kier molecular flexibility index (Phi) is 2.67. The predicted molar refractivity (Wildman–Crippen MR) is 49.3 cm³/mol. The second-order valence-corrected chi connectivity index (χ2v) is 5.79. The minimum absolute atomic E-state index is 0.231. The van der Waals surface area contributed by atoms with Gasteiger partial charge in [0.2, 0.25) is 0 Å². The maximum absolute atomic E-state index is 4.10. The Morgan fingerprint density at radius 2 is 1.80 bits per heavy atom. The summed E-state index contributed by atoms with van der Waals surface area (Å²) in [5, 5.41) is 0.910. The molecule has 0 nitrogen and oxygen atoms in total. The second-order valence-electron chi connectivity index (χ2n) is 3.78. The molecule has 0 aromatic heterocycles. The van der Waals surface area contributed by atoms with Crippen molar-refractivity contribution in [2.45, 2.75) is 49.5 Å². The maximum atomic E-state index is 4.10. The molecule has 59 valence electrons. The molecule has 0 aromatic rings. The smallest absolute Gasteiger partial charge is 0.0107 e. The molecular formula is C9H17S. The van der Waals surface area contributed by atoms with E-state index in [9.17, 15) is 0 Å². The van der Waals surface area contributed by atoms with Crippen LogP contribution in [-0.4, -0.2) is 10.00 Å². The molecule has 1 radical (unpaired) electrons. The summed E-state index contributed by atoms with van der Waals surface area (Å²) < 4.78 is 0.231. The van der Waals surface area contributed by atoms with Crippen molar-refractivity contribution in [1.82, 2.24) is 0 Å². The lowest BCUT2D eigenvalue weighted by Gasteiger charge is -2.21. The molecule has 1 heteroatoms. The van der Waals surface area contributed by atoms with Crippen LogP contribution < -0.4 is 0 Å². The quantitative estimate of drug-likeness (QED) is 0.593. The van der Waals surface area contributed by atoms with Gasteiger partial charge in [0.05, 0.1) is 0 Å². The Morgan fingerprint density at radius 1 is 1.30 bits per heavy atom.